The molecule has 1 rings (SSSR count). The standard InChI is InChI=1S/C14H17N3O3/c1-9(2)6-12(13(18)19)17-14(20)16-11-5-3-4-10(7-11)8-15/h3-5,7,9,12H,6H2,1-2H3,(H,18,19)(H2,16,17,20)/t12-/m0/s1. The fourth-order valence-electron chi connectivity index (χ4n) is 1.68. The molecule has 0 bridgehead atoms. The van der Waals surface area contributed by atoms with E-state index < -0.39 is 18.0 Å². The van der Waals surface area contributed by atoms with Crippen LogP contribution in [0.25, 0.3) is 0 Å². The van der Waals surface area contributed by atoms with E-state index in [2.05, 4.69) is 10.6 Å². The summed E-state index contributed by atoms with van der Waals surface area (Å²) < 4.78 is 0. The van der Waals surface area contributed by atoms with Crippen LogP contribution in [0.1, 0.15) is 25.8 Å². The van der Waals surface area contributed by atoms with Crippen LogP contribution in [0.2, 0.25) is 0 Å². The molecule has 1 aromatic carbocycles. The normalized spacial score (nSPS) is 11.5. The zero-order chi connectivity index (χ0) is 15.1. The Morgan fingerprint density at radius 3 is 2.65 bits per heavy atom. The first-order chi connectivity index (χ1) is 9.42. The van der Waals surface area contributed by atoms with Gasteiger partial charge >= 0.3 is 12.0 Å². The Morgan fingerprint density at radius 2 is 2.10 bits per heavy atom. The van der Waals surface area contributed by atoms with Gasteiger partial charge in [0.15, 0.2) is 0 Å². The molecule has 3 N–H and O–H groups in total. The van der Waals surface area contributed by atoms with Gasteiger partial charge in [-0.2, -0.15) is 5.26 Å². The lowest BCUT2D eigenvalue weighted by Crippen LogP contribution is -2.43. The first-order valence-electron chi connectivity index (χ1n) is 6.23. The molecule has 0 heterocycles. The summed E-state index contributed by atoms with van der Waals surface area (Å²) in [5.41, 5.74) is 0.856. The number of benzene rings is 1. The number of nitrogens with zero attached hydrogens (tertiary/aromatic N) is 1. The van der Waals surface area contributed by atoms with Crippen molar-refractivity contribution < 1.29 is 14.7 Å². The molecular formula is C14H17N3O3. The Morgan fingerprint density at radius 1 is 1.40 bits per heavy atom. The van der Waals surface area contributed by atoms with Gasteiger partial charge in [-0.25, -0.2) is 9.59 Å². The minimum Gasteiger partial charge on any atom is -0.480 e. The zero-order valence-corrected chi connectivity index (χ0v) is 11.4. The van der Waals surface area contributed by atoms with Crippen molar-refractivity contribution in [1.82, 2.24) is 5.32 Å². The van der Waals surface area contributed by atoms with Crippen molar-refractivity contribution >= 4 is 17.7 Å². The summed E-state index contributed by atoms with van der Waals surface area (Å²) in [7, 11) is 0. The predicted octanol–water partition coefficient (Wildman–Crippen LogP) is 2.18. The van der Waals surface area contributed by atoms with Gasteiger partial charge < -0.3 is 15.7 Å². The largest absolute Gasteiger partial charge is 0.480 e. The molecule has 0 spiro atoms. The highest BCUT2D eigenvalue weighted by Gasteiger charge is 2.20. The molecule has 106 valence electrons. The highest BCUT2D eigenvalue weighted by Crippen LogP contribution is 2.10. The second-order valence-electron chi connectivity index (χ2n) is 4.81. The summed E-state index contributed by atoms with van der Waals surface area (Å²) in [6.45, 7) is 3.76. The van der Waals surface area contributed by atoms with Crippen molar-refractivity contribution in [2.45, 2.75) is 26.3 Å². The number of aliphatic carboxylic acids is 1. The Labute approximate surface area is 117 Å². The third-order valence-electron chi connectivity index (χ3n) is 2.56. The van der Waals surface area contributed by atoms with Crippen LogP contribution < -0.4 is 10.6 Å². The fourth-order valence-corrected chi connectivity index (χ4v) is 1.68. The molecule has 20 heavy (non-hydrogen) atoms. The van der Waals surface area contributed by atoms with Crippen LogP contribution in [-0.4, -0.2) is 23.1 Å². The summed E-state index contributed by atoms with van der Waals surface area (Å²) in [6.07, 6.45) is 0.348. The Balaban J connectivity index is 2.66. The topological polar surface area (TPSA) is 102 Å². The summed E-state index contributed by atoms with van der Waals surface area (Å²) >= 11 is 0. The lowest BCUT2D eigenvalue weighted by molar-refractivity contribution is -0.139. The molecule has 6 heteroatoms. The maximum absolute atomic E-state index is 11.7. The summed E-state index contributed by atoms with van der Waals surface area (Å²) in [5, 5.41) is 22.7. The first-order valence-corrected chi connectivity index (χ1v) is 6.23. The van der Waals surface area contributed by atoms with Crippen LogP contribution in [0.15, 0.2) is 24.3 Å². The minimum absolute atomic E-state index is 0.151. The summed E-state index contributed by atoms with van der Waals surface area (Å²) in [4.78, 5) is 22.8. The van der Waals surface area contributed by atoms with Crippen molar-refractivity contribution in [2.75, 3.05) is 5.32 Å². The maximum Gasteiger partial charge on any atom is 0.326 e. The highest BCUT2D eigenvalue weighted by atomic mass is 16.4. The monoisotopic (exact) mass is 275 g/mol. The van der Waals surface area contributed by atoms with E-state index in [9.17, 15) is 9.59 Å². The van der Waals surface area contributed by atoms with Crippen molar-refractivity contribution in [3.63, 3.8) is 0 Å². The number of anilines is 1. The number of nitrogens with one attached hydrogen (secondary N) is 2. The van der Waals surface area contributed by atoms with Gasteiger partial charge in [-0.1, -0.05) is 19.9 Å². The Bertz CT molecular complexity index is 535. The van der Waals surface area contributed by atoms with E-state index in [0.29, 0.717) is 17.7 Å². The Kier molecular flexibility index (Phi) is 5.54. The quantitative estimate of drug-likeness (QED) is 0.766. The van der Waals surface area contributed by atoms with Crippen LogP contribution in [0.3, 0.4) is 0 Å². The average Bonchev–Trinajstić information content (AvgIpc) is 2.37. The average molecular weight is 275 g/mol. The van der Waals surface area contributed by atoms with Gasteiger partial charge in [0.05, 0.1) is 11.6 Å². The second-order valence-corrected chi connectivity index (χ2v) is 4.81. The van der Waals surface area contributed by atoms with Gasteiger partial charge in [-0.15, -0.1) is 0 Å². The van der Waals surface area contributed by atoms with Gasteiger partial charge in [0.1, 0.15) is 6.04 Å². The van der Waals surface area contributed by atoms with Crippen LogP contribution in [0, 0.1) is 17.2 Å². The van der Waals surface area contributed by atoms with Gasteiger partial charge in [0.25, 0.3) is 0 Å². The lowest BCUT2D eigenvalue weighted by atomic mass is 10.0. The van der Waals surface area contributed by atoms with Gasteiger partial charge in [0.2, 0.25) is 0 Å². The molecular weight excluding hydrogens is 258 g/mol. The maximum atomic E-state index is 11.7. The van der Waals surface area contributed by atoms with Gasteiger partial charge in [0, 0.05) is 5.69 Å². The zero-order valence-electron chi connectivity index (χ0n) is 11.4. The van der Waals surface area contributed by atoms with E-state index in [0.717, 1.165) is 0 Å². The number of carbonyl (C=O) groups is 2. The summed E-state index contributed by atoms with van der Waals surface area (Å²) in [6, 6.07) is 6.80. The molecule has 6 nitrogen and oxygen atoms in total. The van der Waals surface area contributed by atoms with E-state index in [4.69, 9.17) is 10.4 Å². The molecule has 2 amide bonds. The third-order valence-corrected chi connectivity index (χ3v) is 2.56. The molecule has 1 aromatic rings. The molecule has 0 radical (unpaired) electrons. The number of rotatable bonds is 5. The molecule has 0 aliphatic rings. The van der Waals surface area contributed by atoms with Crippen molar-refractivity contribution in [3.05, 3.63) is 29.8 Å². The van der Waals surface area contributed by atoms with Crippen molar-refractivity contribution in [3.8, 4) is 6.07 Å². The lowest BCUT2D eigenvalue weighted by Gasteiger charge is -2.16. The molecule has 0 aliphatic carbocycles. The molecule has 0 fully saturated rings. The number of carboxylic acids is 1. The van der Waals surface area contributed by atoms with Gasteiger partial charge in [-0.3, -0.25) is 0 Å². The van der Waals surface area contributed by atoms with Crippen molar-refractivity contribution in [2.24, 2.45) is 5.92 Å². The number of hydrogen-bond donors (Lipinski definition) is 3. The number of carbonyl (C=O) groups excluding carboxylic acids is 1. The third kappa shape index (κ3) is 4.98. The number of amides is 2. The molecule has 1 atom stereocenters. The second kappa shape index (κ2) is 7.14. The molecule has 0 aliphatic heterocycles. The van der Waals surface area contributed by atoms with Crippen LogP contribution in [-0.2, 0) is 4.79 Å². The van der Waals surface area contributed by atoms with E-state index in [1.54, 1.807) is 18.2 Å². The van der Waals surface area contributed by atoms with Gasteiger partial charge in [-0.05, 0) is 30.5 Å². The molecule has 0 unspecified atom stereocenters. The number of carboxylic acid groups (broad SMARTS) is 1. The van der Waals surface area contributed by atoms with E-state index >= 15 is 0 Å². The van der Waals surface area contributed by atoms with E-state index in [1.807, 2.05) is 19.9 Å². The van der Waals surface area contributed by atoms with E-state index in [-0.39, 0.29) is 5.92 Å². The smallest absolute Gasteiger partial charge is 0.326 e. The molecule has 0 saturated carbocycles. The van der Waals surface area contributed by atoms with Crippen LogP contribution in [0.4, 0.5) is 10.5 Å². The Hall–Kier alpha value is -2.55. The number of urea groups is 1. The fraction of sp³-hybridized carbons (Fsp3) is 0.357. The SMILES string of the molecule is CC(C)C[C@H](NC(=O)Nc1cccc(C#N)c1)C(=O)O. The molecule has 0 saturated heterocycles. The predicted molar refractivity (Wildman–Crippen MR) is 74.2 cm³/mol. The van der Waals surface area contributed by atoms with Crippen LogP contribution >= 0.6 is 0 Å². The number of hydrogen-bond acceptors (Lipinski definition) is 3. The van der Waals surface area contributed by atoms with Crippen LogP contribution in [0.5, 0.6) is 0 Å². The first kappa shape index (κ1) is 15.5. The summed E-state index contributed by atoms with van der Waals surface area (Å²) in [5.74, 6) is -0.919. The van der Waals surface area contributed by atoms with E-state index in [1.165, 1.54) is 6.07 Å². The number of nitriles is 1. The van der Waals surface area contributed by atoms with Crippen molar-refractivity contribution in [1.29, 1.82) is 5.26 Å². The molecule has 0 aromatic heterocycles. The highest BCUT2D eigenvalue weighted by molar-refractivity contribution is 5.92. The minimum atomic E-state index is -1.07.